The predicted molar refractivity (Wildman–Crippen MR) is 209 cm³/mol. The van der Waals surface area contributed by atoms with Crippen LogP contribution in [-0.2, 0) is 16.6 Å². The van der Waals surface area contributed by atoms with Crippen molar-refractivity contribution in [3.8, 4) is 0 Å². The van der Waals surface area contributed by atoms with Gasteiger partial charge in [-0.2, -0.15) is 4.98 Å². The molecule has 1 aliphatic carbocycles. The first-order chi connectivity index (χ1) is 29.5. The number of hydrogen-bond acceptors (Lipinski definition) is 11. The Kier molecular flexibility index (Phi) is 7.38. The van der Waals surface area contributed by atoms with Gasteiger partial charge >= 0.3 is 5.69 Å². The number of halogens is 1. The van der Waals surface area contributed by atoms with Gasteiger partial charge in [0.1, 0.15) is 34.5 Å². The highest BCUT2D eigenvalue weighted by atomic mass is 19.1. The maximum atomic E-state index is 15.4. The van der Waals surface area contributed by atoms with Crippen LogP contribution in [0.1, 0.15) is 69.3 Å². The number of nitrogens with zero attached hydrogens (tertiary/aromatic N) is 10. The molecule has 1 aromatic carbocycles. The number of benzene rings is 1. The number of rotatable bonds is 8. The molecule has 1 saturated carbocycles. The summed E-state index contributed by atoms with van der Waals surface area (Å²) in [5.41, 5.74) is 1.92. The molecule has 0 bridgehead atoms. The summed E-state index contributed by atoms with van der Waals surface area (Å²) in [4.78, 5) is 72.0. The molecule has 3 aliphatic heterocycles. The minimum atomic E-state index is -3.19. The molecule has 0 radical (unpaired) electrons. The minimum Gasteiger partial charge on any atom is -0.368 e. The van der Waals surface area contributed by atoms with Crippen molar-refractivity contribution in [2.24, 2.45) is 7.05 Å². The van der Waals surface area contributed by atoms with Crippen LogP contribution >= 0.6 is 0 Å². The van der Waals surface area contributed by atoms with Crippen molar-refractivity contribution in [2.45, 2.75) is 56.7 Å². The molecule has 0 spiro atoms. The average molecular weight is 771 g/mol. The second-order valence-corrected chi connectivity index (χ2v) is 15.0. The second kappa shape index (κ2) is 14.0. The second-order valence-electron chi connectivity index (χ2n) is 15.0. The number of amides is 3. The highest BCUT2D eigenvalue weighted by Crippen LogP contribution is 2.36. The van der Waals surface area contributed by atoms with Crippen LogP contribution in [0.25, 0.3) is 22.1 Å². The van der Waals surface area contributed by atoms with Gasteiger partial charge in [0.25, 0.3) is 5.91 Å². The molecule has 2 N–H and O–H groups in total. The normalized spacial score (nSPS) is 21.9. The topological polar surface area (TPSA) is 159 Å². The molecule has 4 fully saturated rings. The molecule has 3 saturated heterocycles. The molecule has 56 heavy (non-hydrogen) atoms. The Hall–Kier alpha value is -5.84. The zero-order valence-electron chi connectivity index (χ0n) is 36.7. The number of pyridine rings is 1. The first kappa shape index (κ1) is 29.4. The fourth-order valence-electron chi connectivity index (χ4n) is 8.80. The van der Waals surface area contributed by atoms with Crippen molar-refractivity contribution in [1.82, 2.24) is 43.8 Å². The summed E-state index contributed by atoms with van der Waals surface area (Å²) in [6, 6.07) is 7.33. The number of aromatic nitrogens is 6. The number of nitrogens with one attached hydrogen (secondary N) is 2. The van der Waals surface area contributed by atoms with E-state index in [2.05, 4.69) is 35.3 Å². The summed E-state index contributed by atoms with van der Waals surface area (Å²) in [6.45, 7) is -1.89. The third-order valence-electron chi connectivity index (χ3n) is 11.7. The van der Waals surface area contributed by atoms with Crippen LogP contribution in [0.5, 0.6) is 0 Å². The van der Waals surface area contributed by atoms with Gasteiger partial charge in [-0.3, -0.25) is 33.7 Å². The number of piperazine rings is 1. The van der Waals surface area contributed by atoms with Gasteiger partial charge in [0.05, 0.1) is 23.1 Å². The number of anilines is 4. The lowest BCUT2D eigenvalue weighted by Crippen LogP contribution is -2.63. The summed E-state index contributed by atoms with van der Waals surface area (Å²) >= 11 is 0. The molecule has 4 aliphatic rings. The largest absolute Gasteiger partial charge is 0.368 e. The summed E-state index contributed by atoms with van der Waals surface area (Å²) in [7, 11) is 1.57. The van der Waals surface area contributed by atoms with Gasteiger partial charge in [0, 0.05) is 98.6 Å². The Labute approximate surface area is 330 Å². The van der Waals surface area contributed by atoms with Crippen LogP contribution in [-0.4, -0.2) is 115 Å². The summed E-state index contributed by atoms with van der Waals surface area (Å²) in [5, 5.41) is 5.87. The molecule has 16 nitrogen and oxygen atoms in total. The zero-order chi connectivity index (χ0) is 43.8. The van der Waals surface area contributed by atoms with Gasteiger partial charge < -0.3 is 24.6 Å². The van der Waals surface area contributed by atoms with Crippen LogP contribution in [0.15, 0.2) is 47.5 Å². The van der Waals surface area contributed by atoms with Crippen molar-refractivity contribution in [3.05, 3.63) is 64.7 Å². The number of carbonyl (C=O) groups excluding carboxylic acids is 3. The Bertz CT molecular complexity index is 2630. The number of fused-ring (bicyclic) bond motifs is 2. The molecule has 1 atom stereocenters. The first-order valence-electron chi connectivity index (χ1n) is 21.9. The van der Waals surface area contributed by atoms with E-state index in [-0.39, 0.29) is 47.0 Å². The first-order valence-corrected chi connectivity index (χ1v) is 18.9. The lowest BCUT2D eigenvalue weighted by Gasteiger charge is -2.49. The summed E-state index contributed by atoms with van der Waals surface area (Å²) in [5.74, 6) is -2.08. The molecular weight excluding hydrogens is 720 g/mol. The van der Waals surface area contributed by atoms with Crippen molar-refractivity contribution in [1.29, 1.82) is 0 Å². The average Bonchev–Trinajstić information content (AvgIpc) is 3.92. The monoisotopic (exact) mass is 770 g/mol. The van der Waals surface area contributed by atoms with Gasteiger partial charge in [-0.25, -0.2) is 19.2 Å². The van der Waals surface area contributed by atoms with Crippen LogP contribution in [0.3, 0.4) is 0 Å². The van der Waals surface area contributed by atoms with E-state index in [1.165, 1.54) is 27.5 Å². The molecule has 17 heteroatoms. The van der Waals surface area contributed by atoms with Crippen LogP contribution in [0.4, 0.5) is 27.5 Å². The van der Waals surface area contributed by atoms with Gasteiger partial charge in [0.15, 0.2) is 0 Å². The van der Waals surface area contributed by atoms with Crippen molar-refractivity contribution in [2.75, 3.05) is 68.3 Å². The zero-order valence-corrected chi connectivity index (χ0v) is 30.7. The van der Waals surface area contributed by atoms with E-state index in [0.717, 1.165) is 57.5 Å². The molecule has 0 unspecified atom stereocenters. The smallest absolute Gasteiger partial charge is 0.329 e. The van der Waals surface area contributed by atoms with Crippen molar-refractivity contribution < 1.29 is 27.0 Å². The van der Waals surface area contributed by atoms with Gasteiger partial charge in [-0.1, -0.05) is 12.8 Å². The molecule has 7 heterocycles. The van der Waals surface area contributed by atoms with Gasteiger partial charge in [-0.05, 0) is 49.6 Å². The number of aryl methyl sites for hydroxylation is 1. The lowest BCUT2D eigenvalue weighted by atomic mass is 10.0. The predicted octanol–water partition coefficient (Wildman–Crippen LogP) is 3.17. The standard InChI is InChI=1S/C39H45FN12O4/c1-46(2)37(55)30-18-23-19-42-38(45-35(23)51(30)24-6-4-5-7-24)43-31-12-8-25(20-41-31)48-14-16-49(17-15-48)26-21-50(22-26)28-10-9-27(40)33-34(28)47(3)39(56)52(33)29-11-13-32(53)44-36(29)54/h8-10,12,18-20,24,26,29H,4-7,11,13-17,21-22H2,1-3H3,(H,44,53,54)(H,41,42,43,45)/t29-/m0/s1/i1D3,2D3. The molecule has 5 aromatic rings. The molecule has 292 valence electrons. The molecular formula is C39H45FN12O4. The third-order valence-corrected chi connectivity index (χ3v) is 11.7. The van der Waals surface area contributed by atoms with Crippen molar-refractivity contribution >= 4 is 62.9 Å². The Balaban J connectivity index is 0.847. The van der Waals surface area contributed by atoms with Crippen LogP contribution < -0.4 is 26.1 Å². The van der Waals surface area contributed by atoms with E-state index in [1.807, 2.05) is 12.1 Å². The van der Waals surface area contributed by atoms with E-state index < -0.39 is 49.2 Å². The number of piperidine rings is 1. The van der Waals surface area contributed by atoms with Gasteiger partial charge in [-0.15, -0.1) is 0 Å². The highest BCUT2D eigenvalue weighted by Gasteiger charge is 2.37. The number of hydrogen-bond donors (Lipinski definition) is 2. The van der Waals surface area contributed by atoms with E-state index in [9.17, 15) is 19.2 Å². The highest BCUT2D eigenvalue weighted by molar-refractivity contribution is 6.01. The maximum absolute atomic E-state index is 15.4. The molecule has 9 rings (SSSR count). The Morgan fingerprint density at radius 1 is 0.929 bits per heavy atom. The SMILES string of the molecule is [2H]C([2H])([2H])N(C(=O)c1cc2cnc(Nc3ccc(N4CCN(C5CN(c6ccc(F)c7c6n(C)c(=O)n7[C@H]6CCC(=O)NC6=O)C5)CC4)cn3)nc2n1C1CCCC1)C([2H])([2H])[2H]. The van der Waals surface area contributed by atoms with E-state index in [4.69, 9.17) is 13.2 Å². The Morgan fingerprint density at radius 2 is 1.71 bits per heavy atom. The fraction of sp³-hybridized carbons (Fsp3) is 0.462. The Morgan fingerprint density at radius 3 is 2.43 bits per heavy atom. The summed E-state index contributed by atoms with van der Waals surface area (Å²) in [6.07, 6.45) is 6.72. The van der Waals surface area contributed by atoms with Crippen LogP contribution in [0, 0.1) is 5.82 Å². The van der Waals surface area contributed by atoms with Crippen molar-refractivity contribution in [3.63, 3.8) is 0 Å². The molecule has 3 amide bonds. The quantitative estimate of drug-likeness (QED) is 0.224. The van der Waals surface area contributed by atoms with E-state index >= 15 is 4.39 Å². The number of imidazole rings is 1. The minimum absolute atomic E-state index is 0.0229. The van der Waals surface area contributed by atoms with Crippen LogP contribution in [0.2, 0.25) is 0 Å². The van der Waals surface area contributed by atoms with E-state index in [0.29, 0.717) is 41.1 Å². The lowest BCUT2D eigenvalue weighted by molar-refractivity contribution is -0.135. The number of carbonyl (C=O) groups is 3. The fourth-order valence-corrected chi connectivity index (χ4v) is 8.80. The van der Waals surface area contributed by atoms with Gasteiger partial charge in [0.2, 0.25) is 17.8 Å². The third kappa shape index (κ3) is 6.13. The number of imide groups is 1. The maximum Gasteiger partial charge on any atom is 0.329 e. The molecule has 4 aromatic heterocycles. The summed E-state index contributed by atoms with van der Waals surface area (Å²) < 4.78 is 66.4. The van der Waals surface area contributed by atoms with E-state index in [1.54, 1.807) is 23.9 Å².